The van der Waals surface area contributed by atoms with Crippen molar-refractivity contribution in [1.82, 2.24) is 9.21 Å². The molecule has 0 spiro atoms. The fourth-order valence-electron chi connectivity index (χ4n) is 4.88. The maximum Gasteiger partial charge on any atom is 0.294 e. The Bertz CT molecular complexity index is 1280. The number of amidine groups is 1. The van der Waals surface area contributed by atoms with Gasteiger partial charge in [0.1, 0.15) is 5.75 Å². The van der Waals surface area contributed by atoms with Gasteiger partial charge in [-0.1, -0.05) is 20.3 Å². The van der Waals surface area contributed by atoms with Crippen molar-refractivity contribution in [3.05, 3.63) is 45.6 Å². The van der Waals surface area contributed by atoms with Crippen LogP contribution in [0.2, 0.25) is 0 Å². The molecule has 4 rings (SSSR count). The lowest BCUT2D eigenvalue weighted by Crippen LogP contribution is -2.40. The minimum atomic E-state index is -3.88. The van der Waals surface area contributed by atoms with E-state index in [-0.39, 0.29) is 42.3 Å². The molecule has 3 heterocycles. The molecular formula is C25H33N5O7S. The van der Waals surface area contributed by atoms with E-state index in [1.165, 1.54) is 16.4 Å². The smallest absolute Gasteiger partial charge is 0.294 e. The first-order valence-corrected chi connectivity index (χ1v) is 14.3. The van der Waals surface area contributed by atoms with Crippen molar-refractivity contribution in [2.45, 2.75) is 56.9 Å². The topological polar surface area (TPSA) is 144 Å². The molecule has 12 nitrogen and oxygen atoms in total. The van der Waals surface area contributed by atoms with Crippen LogP contribution >= 0.6 is 0 Å². The largest absolute Gasteiger partial charge is 0.493 e. The van der Waals surface area contributed by atoms with Crippen LogP contribution < -0.4 is 4.74 Å². The molecule has 0 aliphatic carbocycles. The number of sulfonamides is 1. The van der Waals surface area contributed by atoms with Crippen LogP contribution in [0.25, 0.3) is 0 Å². The summed E-state index contributed by atoms with van der Waals surface area (Å²) in [6.45, 7) is 4.81. The number of rotatable bonds is 11. The maximum absolute atomic E-state index is 13.5. The zero-order valence-corrected chi connectivity index (χ0v) is 22.6. The van der Waals surface area contributed by atoms with Gasteiger partial charge in [0.05, 0.1) is 29.4 Å². The van der Waals surface area contributed by atoms with Crippen LogP contribution in [-0.4, -0.2) is 79.6 Å². The molecule has 0 radical (unpaired) electrons. The quantitative estimate of drug-likeness (QED) is 0.304. The van der Waals surface area contributed by atoms with Gasteiger partial charge in [-0.15, -0.1) is 10.1 Å². The SMILES string of the molecule is CCCOc1ccc(S(=O)(=O)N2CCC(CO[N+](=O)[O-])CC2)cc1C1=NC(=O)C2C(=N1)C(CCC)=CN2C. The number of likely N-dealkylation sites (N-methyl/N-ethyl adjacent to an activating group) is 1. The second kappa shape index (κ2) is 11.6. The highest BCUT2D eigenvalue weighted by Gasteiger charge is 2.38. The van der Waals surface area contributed by atoms with Crippen LogP contribution in [0.5, 0.6) is 5.75 Å². The van der Waals surface area contributed by atoms with Gasteiger partial charge in [0, 0.05) is 26.3 Å². The van der Waals surface area contributed by atoms with E-state index in [1.54, 1.807) is 6.07 Å². The lowest BCUT2D eigenvalue weighted by Gasteiger charge is -2.30. The normalized spacial score (nSPS) is 20.5. The Morgan fingerprint density at radius 3 is 2.55 bits per heavy atom. The zero-order chi connectivity index (χ0) is 27.4. The van der Waals surface area contributed by atoms with Gasteiger partial charge in [-0.05, 0) is 55.4 Å². The second-order valence-electron chi connectivity index (χ2n) is 9.62. The molecule has 3 aliphatic heterocycles. The van der Waals surface area contributed by atoms with Crippen molar-refractivity contribution >= 4 is 27.5 Å². The third kappa shape index (κ3) is 5.73. The monoisotopic (exact) mass is 547 g/mol. The number of amides is 1. The van der Waals surface area contributed by atoms with E-state index in [4.69, 9.17) is 9.73 Å². The Balaban J connectivity index is 1.64. The van der Waals surface area contributed by atoms with Gasteiger partial charge in [0.2, 0.25) is 10.0 Å². The maximum atomic E-state index is 13.5. The number of aliphatic imine (C=N–C) groups is 2. The van der Waals surface area contributed by atoms with Gasteiger partial charge in [-0.3, -0.25) is 4.79 Å². The van der Waals surface area contributed by atoms with E-state index in [0.29, 0.717) is 36.5 Å². The van der Waals surface area contributed by atoms with E-state index in [2.05, 4.69) is 16.8 Å². The fourth-order valence-corrected chi connectivity index (χ4v) is 6.38. The Morgan fingerprint density at radius 1 is 1.16 bits per heavy atom. The third-order valence-electron chi connectivity index (χ3n) is 6.83. The highest BCUT2D eigenvalue weighted by atomic mass is 32.2. The van der Waals surface area contributed by atoms with Crippen LogP contribution in [0.1, 0.15) is 51.5 Å². The summed E-state index contributed by atoms with van der Waals surface area (Å²) in [5.74, 6) is 0.0950. The van der Waals surface area contributed by atoms with Crippen LogP contribution in [0.4, 0.5) is 0 Å². The number of nitrogens with zero attached hydrogens (tertiary/aromatic N) is 5. The van der Waals surface area contributed by atoms with Gasteiger partial charge in [-0.25, -0.2) is 13.4 Å². The Kier molecular flexibility index (Phi) is 8.46. The Hall–Kier alpha value is -3.32. The summed E-state index contributed by atoms with van der Waals surface area (Å²) in [4.78, 5) is 38.8. The number of hydrogen-bond donors (Lipinski definition) is 0. The molecule has 1 aromatic rings. The van der Waals surface area contributed by atoms with E-state index < -0.39 is 21.2 Å². The summed E-state index contributed by atoms with van der Waals surface area (Å²) < 4.78 is 34.3. The lowest BCUT2D eigenvalue weighted by atomic mass is 9.99. The first-order valence-electron chi connectivity index (χ1n) is 12.8. The molecule has 1 fully saturated rings. The van der Waals surface area contributed by atoms with Crippen molar-refractivity contribution in [2.75, 3.05) is 33.4 Å². The molecule has 1 atom stereocenters. The summed E-state index contributed by atoms with van der Waals surface area (Å²) in [6.07, 6.45) is 5.21. The van der Waals surface area contributed by atoms with E-state index >= 15 is 0 Å². The molecule has 38 heavy (non-hydrogen) atoms. The molecule has 13 heteroatoms. The van der Waals surface area contributed by atoms with Crippen molar-refractivity contribution in [2.24, 2.45) is 15.9 Å². The average Bonchev–Trinajstić information content (AvgIpc) is 3.21. The molecule has 3 aliphatic rings. The van der Waals surface area contributed by atoms with Crippen molar-refractivity contribution in [3.8, 4) is 5.75 Å². The minimum Gasteiger partial charge on any atom is -0.493 e. The molecule has 1 saturated heterocycles. The van der Waals surface area contributed by atoms with Gasteiger partial charge in [-0.2, -0.15) is 9.30 Å². The molecule has 0 aromatic heterocycles. The van der Waals surface area contributed by atoms with Crippen molar-refractivity contribution < 1.29 is 27.9 Å². The number of hydrogen-bond acceptors (Lipinski definition) is 9. The molecule has 0 N–H and O–H groups in total. The van der Waals surface area contributed by atoms with Crippen LogP contribution in [0, 0.1) is 16.0 Å². The van der Waals surface area contributed by atoms with E-state index in [9.17, 15) is 23.3 Å². The van der Waals surface area contributed by atoms with Crippen molar-refractivity contribution in [1.29, 1.82) is 0 Å². The zero-order valence-electron chi connectivity index (χ0n) is 21.8. The summed E-state index contributed by atoms with van der Waals surface area (Å²) in [7, 11) is -2.06. The highest BCUT2D eigenvalue weighted by molar-refractivity contribution is 7.89. The number of ether oxygens (including phenoxy) is 1. The summed E-state index contributed by atoms with van der Waals surface area (Å²) in [5, 5.41) is 9.64. The molecule has 0 saturated carbocycles. The van der Waals surface area contributed by atoms with Crippen LogP contribution in [-0.2, 0) is 19.7 Å². The first kappa shape index (κ1) is 27.7. The fraction of sp³-hybridized carbons (Fsp3) is 0.560. The predicted octanol–water partition coefficient (Wildman–Crippen LogP) is 2.81. The number of carbonyl (C=O) groups excluding carboxylic acids is 1. The molecule has 0 bridgehead atoms. The van der Waals surface area contributed by atoms with Gasteiger partial charge in [0.25, 0.3) is 11.0 Å². The number of fused-ring (bicyclic) bond motifs is 1. The molecule has 1 amide bonds. The van der Waals surface area contributed by atoms with Gasteiger partial charge < -0.3 is 14.5 Å². The van der Waals surface area contributed by atoms with Crippen LogP contribution in [0.3, 0.4) is 0 Å². The first-order chi connectivity index (χ1) is 18.1. The lowest BCUT2D eigenvalue weighted by molar-refractivity contribution is -0.759. The minimum absolute atomic E-state index is 0.0432. The average molecular weight is 548 g/mol. The van der Waals surface area contributed by atoms with Gasteiger partial charge >= 0.3 is 0 Å². The van der Waals surface area contributed by atoms with E-state index in [0.717, 1.165) is 24.8 Å². The molecule has 206 valence electrons. The molecule has 1 aromatic carbocycles. The summed E-state index contributed by atoms with van der Waals surface area (Å²) >= 11 is 0. The summed E-state index contributed by atoms with van der Waals surface area (Å²) in [6, 6.07) is 3.96. The Labute approximate surface area is 222 Å². The number of carbonyl (C=O) groups is 1. The predicted molar refractivity (Wildman–Crippen MR) is 140 cm³/mol. The van der Waals surface area contributed by atoms with E-state index in [1.807, 2.05) is 25.1 Å². The summed E-state index contributed by atoms with van der Waals surface area (Å²) in [5.41, 5.74) is 1.95. The number of piperidine rings is 1. The third-order valence-corrected chi connectivity index (χ3v) is 8.73. The second-order valence-corrected chi connectivity index (χ2v) is 11.6. The van der Waals surface area contributed by atoms with Crippen LogP contribution in [0.15, 0.2) is 44.9 Å². The Morgan fingerprint density at radius 2 is 1.89 bits per heavy atom. The molecular weight excluding hydrogens is 514 g/mol. The van der Waals surface area contributed by atoms with Gasteiger partial charge in [0.15, 0.2) is 11.9 Å². The standard InChI is InChI=1S/C25H33N5O7S/c1-4-6-18-15-28(3)23-22(18)26-24(27-25(23)31)20-14-19(7-8-21(20)36-13-5-2)38(34,35)29-11-9-17(10-12-29)16-37-30(32)33/h7-8,14-15,17,23H,4-6,9-13,16H2,1-3H3. The number of benzene rings is 1. The van der Waals surface area contributed by atoms with Crippen molar-refractivity contribution in [3.63, 3.8) is 0 Å². The molecule has 1 unspecified atom stereocenters. The highest BCUT2D eigenvalue weighted by Crippen LogP contribution is 2.32.